The summed E-state index contributed by atoms with van der Waals surface area (Å²) in [5.41, 5.74) is 0.953. The minimum absolute atomic E-state index is 0.0157. The van der Waals surface area contributed by atoms with E-state index in [4.69, 9.17) is 4.74 Å². The van der Waals surface area contributed by atoms with Crippen LogP contribution in [0.1, 0.15) is 46.3 Å². The van der Waals surface area contributed by atoms with Gasteiger partial charge in [-0.25, -0.2) is 4.79 Å². The third-order valence-electron chi connectivity index (χ3n) is 4.62. The zero-order valence-electron chi connectivity index (χ0n) is 15.5. The molecular formula is C20H21F3N2O3. The predicted octanol–water partition coefficient (Wildman–Crippen LogP) is 3.84. The fourth-order valence-electron chi connectivity index (χ4n) is 3.01. The molecule has 1 aliphatic carbocycles. The number of rotatable bonds is 6. The van der Waals surface area contributed by atoms with Crippen LogP contribution >= 0.6 is 0 Å². The van der Waals surface area contributed by atoms with E-state index in [1.54, 1.807) is 30.3 Å². The highest BCUT2D eigenvalue weighted by molar-refractivity contribution is 5.94. The fourth-order valence-corrected chi connectivity index (χ4v) is 3.01. The summed E-state index contributed by atoms with van der Waals surface area (Å²) < 4.78 is 44.8. The molecule has 8 heteroatoms. The molecule has 150 valence electrons. The summed E-state index contributed by atoms with van der Waals surface area (Å²) in [6.07, 6.45) is -3.83. The van der Waals surface area contributed by atoms with Crippen LogP contribution in [0.4, 0.5) is 13.2 Å². The number of hydrogen-bond donors (Lipinski definition) is 1. The van der Waals surface area contributed by atoms with E-state index in [1.807, 2.05) is 0 Å². The summed E-state index contributed by atoms with van der Waals surface area (Å²) >= 11 is 0. The van der Waals surface area contributed by atoms with Crippen LogP contribution in [0.25, 0.3) is 0 Å². The quantitative estimate of drug-likeness (QED) is 0.758. The SMILES string of the molecule is Cc1cc(C(=O)OC(C(=O)NC2CC2)c2ccccc2)c(C)n1CC(F)(F)F. The average Bonchev–Trinajstić information content (AvgIpc) is 3.40. The van der Waals surface area contributed by atoms with Gasteiger partial charge in [0, 0.05) is 23.0 Å². The van der Waals surface area contributed by atoms with E-state index in [1.165, 1.54) is 19.9 Å². The van der Waals surface area contributed by atoms with Crippen LogP contribution in [-0.4, -0.2) is 28.7 Å². The van der Waals surface area contributed by atoms with Crippen molar-refractivity contribution in [1.82, 2.24) is 9.88 Å². The molecule has 1 atom stereocenters. The second kappa shape index (κ2) is 7.69. The third kappa shape index (κ3) is 4.74. The number of alkyl halides is 3. The van der Waals surface area contributed by atoms with Gasteiger partial charge in [0.25, 0.3) is 5.91 Å². The molecule has 1 aromatic carbocycles. The monoisotopic (exact) mass is 394 g/mol. The van der Waals surface area contributed by atoms with Crippen LogP contribution in [0, 0.1) is 13.8 Å². The number of nitrogens with zero attached hydrogens (tertiary/aromatic N) is 1. The van der Waals surface area contributed by atoms with E-state index in [0.29, 0.717) is 11.3 Å². The van der Waals surface area contributed by atoms with Gasteiger partial charge in [-0.2, -0.15) is 13.2 Å². The summed E-state index contributed by atoms with van der Waals surface area (Å²) in [6, 6.07) is 9.96. The van der Waals surface area contributed by atoms with Gasteiger partial charge in [-0.05, 0) is 32.8 Å². The normalized spacial score (nSPS) is 15.2. The van der Waals surface area contributed by atoms with Crippen LogP contribution in [0.2, 0.25) is 0 Å². The first-order chi connectivity index (χ1) is 13.2. The number of nitrogens with one attached hydrogen (secondary N) is 1. The highest BCUT2D eigenvalue weighted by Crippen LogP contribution is 2.27. The maximum absolute atomic E-state index is 12.8. The Morgan fingerprint density at radius 1 is 1.21 bits per heavy atom. The zero-order chi connectivity index (χ0) is 20.5. The Bertz CT molecular complexity index is 871. The average molecular weight is 394 g/mol. The van der Waals surface area contributed by atoms with Crippen molar-refractivity contribution >= 4 is 11.9 Å². The number of aryl methyl sites for hydroxylation is 1. The second-order valence-corrected chi connectivity index (χ2v) is 6.97. The molecule has 1 saturated carbocycles. The lowest BCUT2D eigenvalue weighted by molar-refractivity contribution is -0.141. The van der Waals surface area contributed by atoms with Crippen LogP contribution in [-0.2, 0) is 16.1 Å². The second-order valence-electron chi connectivity index (χ2n) is 6.97. The predicted molar refractivity (Wildman–Crippen MR) is 95.7 cm³/mol. The smallest absolute Gasteiger partial charge is 0.406 e. The lowest BCUT2D eigenvalue weighted by Gasteiger charge is -2.18. The van der Waals surface area contributed by atoms with Crippen molar-refractivity contribution < 1.29 is 27.5 Å². The summed E-state index contributed by atoms with van der Waals surface area (Å²) in [6.45, 7) is 1.73. The van der Waals surface area contributed by atoms with Gasteiger partial charge in [0.2, 0.25) is 6.10 Å². The minimum Gasteiger partial charge on any atom is -0.444 e. The molecule has 1 fully saturated rings. The molecule has 0 radical (unpaired) electrons. The van der Waals surface area contributed by atoms with Crippen LogP contribution in [0.5, 0.6) is 0 Å². The van der Waals surface area contributed by atoms with Crippen molar-refractivity contribution in [3.8, 4) is 0 Å². The Labute approximate surface area is 160 Å². The lowest BCUT2D eigenvalue weighted by atomic mass is 10.1. The van der Waals surface area contributed by atoms with Gasteiger partial charge < -0.3 is 14.6 Å². The molecule has 1 unspecified atom stereocenters. The van der Waals surface area contributed by atoms with Crippen molar-refractivity contribution in [1.29, 1.82) is 0 Å². The summed E-state index contributed by atoms with van der Waals surface area (Å²) in [5.74, 6) is -1.27. The molecule has 1 amide bonds. The molecule has 5 nitrogen and oxygen atoms in total. The van der Waals surface area contributed by atoms with Crippen LogP contribution in [0.15, 0.2) is 36.4 Å². The zero-order valence-corrected chi connectivity index (χ0v) is 15.5. The molecule has 0 spiro atoms. The molecule has 3 rings (SSSR count). The summed E-state index contributed by atoms with van der Waals surface area (Å²) in [5, 5.41) is 2.80. The number of hydrogen-bond acceptors (Lipinski definition) is 3. The molecule has 1 aliphatic rings. The molecule has 1 heterocycles. The summed E-state index contributed by atoms with van der Waals surface area (Å²) in [7, 11) is 0. The number of benzene rings is 1. The maximum Gasteiger partial charge on any atom is 0.406 e. The Balaban J connectivity index is 1.84. The first-order valence-corrected chi connectivity index (χ1v) is 8.95. The molecule has 1 N–H and O–H groups in total. The molecule has 1 aromatic heterocycles. The largest absolute Gasteiger partial charge is 0.444 e. The van der Waals surface area contributed by atoms with Crippen molar-refractivity contribution in [2.75, 3.05) is 0 Å². The van der Waals surface area contributed by atoms with Crippen molar-refractivity contribution in [3.63, 3.8) is 0 Å². The fraction of sp³-hybridized carbons (Fsp3) is 0.400. The van der Waals surface area contributed by atoms with Gasteiger partial charge in [-0.1, -0.05) is 30.3 Å². The third-order valence-corrected chi connectivity index (χ3v) is 4.62. The Kier molecular flexibility index (Phi) is 5.49. The standard InChI is InChI=1S/C20H21F3N2O3/c1-12-10-16(13(2)25(12)11-20(21,22)23)19(27)28-17(14-6-4-3-5-7-14)18(26)24-15-8-9-15/h3-7,10,15,17H,8-9,11H2,1-2H3,(H,24,26). The van der Waals surface area contributed by atoms with E-state index in [-0.39, 0.29) is 17.3 Å². The Hall–Kier alpha value is -2.77. The Morgan fingerprint density at radius 3 is 2.43 bits per heavy atom. The highest BCUT2D eigenvalue weighted by atomic mass is 19.4. The highest BCUT2D eigenvalue weighted by Gasteiger charge is 2.33. The number of aromatic nitrogens is 1. The van der Waals surface area contributed by atoms with Crippen molar-refractivity contribution in [2.45, 2.75) is 51.6 Å². The summed E-state index contributed by atoms with van der Waals surface area (Å²) in [4.78, 5) is 25.3. The number of esters is 1. The van der Waals surface area contributed by atoms with E-state index in [9.17, 15) is 22.8 Å². The number of ether oxygens (including phenoxy) is 1. The number of amides is 1. The van der Waals surface area contributed by atoms with E-state index >= 15 is 0 Å². The molecule has 0 aliphatic heterocycles. The Morgan fingerprint density at radius 2 is 1.86 bits per heavy atom. The topological polar surface area (TPSA) is 60.3 Å². The van der Waals surface area contributed by atoms with Gasteiger partial charge in [-0.15, -0.1) is 0 Å². The van der Waals surface area contributed by atoms with Crippen molar-refractivity contribution in [2.24, 2.45) is 0 Å². The van der Waals surface area contributed by atoms with Gasteiger partial charge in [0.05, 0.1) is 5.56 Å². The van der Waals surface area contributed by atoms with Gasteiger partial charge in [0.1, 0.15) is 6.54 Å². The maximum atomic E-state index is 12.8. The van der Waals surface area contributed by atoms with Gasteiger partial charge in [-0.3, -0.25) is 4.79 Å². The molecule has 28 heavy (non-hydrogen) atoms. The molecule has 0 saturated heterocycles. The first kappa shape index (κ1) is 20.0. The van der Waals surface area contributed by atoms with Crippen LogP contribution in [0.3, 0.4) is 0 Å². The van der Waals surface area contributed by atoms with E-state index in [2.05, 4.69) is 5.32 Å². The van der Waals surface area contributed by atoms with E-state index in [0.717, 1.165) is 17.4 Å². The number of carbonyl (C=O) groups excluding carboxylic acids is 2. The van der Waals surface area contributed by atoms with Crippen LogP contribution < -0.4 is 5.32 Å². The number of carbonyl (C=O) groups is 2. The molecule has 0 bridgehead atoms. The van der Waals surface area contributed by atoms with Gasteiger partial charge >= 0.3 is 12.1 Å². The van der Waals surface area contributed by atoms with Crippen molar-refractivity contribution in [3.05, 3.63) is 58.9 Å². The van der Waals surface area contributed by atoms with E-state index < -0.39 is 30.7 Å². The molecule has 2 aromatic rings. The first-order valence-electron chi connectivity index (χ1n) is 8.95. The number of halogens is 3. The minimum atomic E-state index is -4.41. The molecular weight excluding hydrogens is 373 g/mol. The van der Waals surface area contributed by atoms with Gasteiger partial charge in [0.15, 0.2) is 0 Å². The lowest BCUT2D eigenvalue weighted by Crippen LogP contribution is -2.33.